The van der Waals surface area contributed by atoms with E-state index in [9.17, 15) is 4.79 Å². The molecule has 136 valence electrons. The summed E-state index contributed by atoms with van der Waals surface area (Å²) < 4.78 is 0. The second-order valence-corrected chi connectivity index (χ2v) is 6.93. The number of carbonyl (C=O) groups excluding carboxylic acids is 1. The van der Waals surface area contributed by atoms with Gasteiger partial charge in [0.05, 0.1) is 0 Å². The molecule has 0 N–H and O–H groups in total. The molecule has 3 heteroatoms. The van der Waals surface area contributed by atoms with Crippen LogP contribution in [0.4, 0.5) is 0 Å². The minimum absolute atomic E-state index is 0.175. The summed E-state index contributed by atoms with van der Waals surface area (Å²) in [4.78, 5) is 21.4. The van der Waals surface area contributed by atoms with Gasteiger partial charge in [-0.15, -0.1) is 0 Å². The highest BCUT2D eigenvalue weighted by atomic mass is 16.1. The number of aromatic nitrogens is 2. The van der Waals surface area contributed by atoms with E-state index in [-0.39, 0.29) is 5.78 Å². The van der Waals surface area contributed by atoms with E-state index < -0.39 is 0 Å². The predicted molar refractivity (Wildman–Crippen MR) is 112 cm³/mol. The van der Waals surface area contributed by atoms with Crippen molar-refractivity contribution < 1.29 is 4.79 Å². The summed E-state index contributed by atoms with van der Waals surface area (Å²) in [7, 11) is 0. The highest BCUT2D eigenvalue weighted by Crippen LogP contribution is 2.21. The number of aryl methyl sites for hydroxylation is 2. The van der Waals surface area contributed by atoms with Gasteiger partial charge in [-0.2, -0.15) is 0 Å². The standard InChI is InChI=1S/C25H20N2O/c1-17-3-7-19(8-4-17)21-11-13-23(26-15-21)25(28)24-14-12-22(16-27-24)20-9-5-18(2)6-10-20/h3-16H,1-2H3. The average molecular weight is 364 g/mol. The molecule has 4 rings (SSSR count). The molecular weight excluding hydrogens is 344 g/mol. The van der Waals surface area contributed by atoms with Gasteiger partial charge in [-0.1, -0.05) is 71.8 Å². The van der Waals surface area contributed by atoms with Gasteiger partial charge in [-0.3, -0.25) is 14.8 Å². The summed E-state index contributed by atoms with van der Waals surface area (Å²) in [5.74, 6) is -0.175. The lowest BCUT2D eigenvalue weighted by Crippen LogP contribution is -2.06. The van der Waals surface area contributed by atoms with Crippen LogP contribution in [0.15, 0.2) is 85.2 Å². The molecule has 0 saturated heterocycles. The lowest BCUT2D eigenvalue weighted by Gasteiger charge is -2.05. The molecule has 0 aliphatic rings. The van der Waals surface area contributed by atoms with Gasteiger partial charge in [0.25, 0.3) is 0 Å². The van der Waals surface area contributed by atoms with E-state index in [1.807, 2.05) is 12.1 Å². The molecule has 0 aliphatic heterocycles. The second kappa shape index (κ2) is 7.57. The molecule has 0 atom stereocenters. The van der Waals surface area contributed by atoms with Crippen LogP contribution in [-0.2, 0) is 0 Å². The Morgan fingerprint density at radius 2 is 0.893 bits per heavy atom. The summed E-state index contributed by atoms with van der Waals surface area (Å²) >= 11 is 0. The average Bonchev–Trinajstić information content (AvgIpc) is 2.75. The van der Waals surface area contributed by atoms with E-state index in [4.69, 9.17) is 0 Å². The number of nitrogens with zero attached hydrogens (tertiary/aromatic N) is 2. The van der Waals surface area contributed by atoms with Gasteiger partial charge in [-0.05, 0) is 37.1 Å². The predicted octanol–water partition coefficient (Wildman–Crippen LogP) is 5.66. The van der Waals surface area contributed by atoms with Crippen molar-refractivity contribution in [3.05, 3.63) is 108 Å². The number of pyridine rings is 2. The molecule has 0 aliphatic carbocycles. The van der Waals surface area contributed by atoms with Gasteiger partial charge in [0, 0.05) is 23.5 Å². The van der Waals surface area contributed by atoms with Crippen molar-refractivity contribution >= 4 is 5.78 Å². The molecule has 2 aromatic carbocycles. The van der Waals surface area contributed by atoms with Crippen molar-refractivity contribution in [3.8, 4) is 22.3 Å². The van der Waals surface area contributed by atoms with Crippen LogP contribution in [-0.4, -0.2) is 15.8 Å². The molecule has 0 radical (unpaired) electrons. The summed E-state index contributed by atoms with van der Waals surface area (Å²) in [6.45, 7) is 4.11. The van der Waals surface area contributed by atoms with Gasteiger partial charge < -0.3 is 0 Å². The van der Waals surface area contributed by atoms with Crippen molar-refractivity contribution in [2.45, 2.75) is 13.8 Å². The van der Waals surface area contributed by atoms with Crippen molar-refractivity contribution in [3.63, 3.8) is 0 Å². The van der Waals surface area contributed by atoms with Gasteiger partial charge in [0.15, 0.2) is 0 Å². The number of benzene rings is 2. The fourth-order valence-corrected chi connectivity index (χ4v) is 3.02. The van der Waals surface area contributed by atoms with Crippen LogP contribution in [0, 0.1) is 13.8 Å². The maximum atomic E-state index is 12.7. The Balaban J connectivity index is 1.54. The zero-order valence-corrected chi connectivity index (χ0v) is 15.9. The van der Waals surface area contributed by atoms with Crippen LogP contribution in [0.5, 0.6) is 0 Å². The fraction of sp³-hybridized carbons (Fsp3) is 0.0800. The number of hydrogen-bond donors (Lipinski definition) is 0. The molecule has 2 aromatic heterocycles. The van der Waals surface area contributed by atoms with Crippen LogP contribution in [0.2, 0.25) is 0 Å². The van der Waals surface area contributed by atoms with Crippen molar-refractivity contribution in [2.75, 3.05) is 0 Å². The Morgan fingerprint density at radius 3 is 1.21 bits per heavy atom. The number of carbonyl (C=O) groups is 1. The van der Waals surface area contributed by atoms with E-state index in [1.165, 1.54) is 11.1 Å². The Labute approximate surface area is 164 Å². The normalized spacial score (nSPS) is 10.6. The molecule has 0 fully saturated rings. The van der Waals surface area contributed by atoms with Gasteiger partial charge >= 0.3 is 0 Å². The lowest BCUT2D eigenvalue weighted by molar-refractivity contribution is 0.103. The Bertz CT molecular complexity index is 1000. The Kier molecular flexibility index (Phi) is 4.81. The topological polar surface area (TPSA) is 42.9 Å². The fourth-order valence-electron chi connectivity index (χ4n) is 3.02. The lowest BCUT2D eigenvalue weighted by atomic mass is 10.0. The number of hydrogen-bond acceptors (Lipinski definition) is 3. The van der Waals surface area contributed by atoms with Crippen LogP contribution >= 0.6 is 0 Å². The van der Waals surface area contributed by atoms with Crippen LogP contribution < -0.4 is 0 Å². The molecule has 0 saturated carbocycles. The molecule has 0 spiro atoms. The zero-order chi connectivity index (χ0) is 19.5. The minimum atomic E-state index is -0.175. The highest BCUT2D eigenvalue weighted by molar-refractivity contribution is 6.06. The molecule has 4 aromatic rings. The van der Waals surface area contributed by atoms with Crippen molar-refractivity contribution in [1.82, 2.24) is 9.97 Å². The number of rotatable bonds is 4. The van der Waals surface area contributed by atoms with Crippen molar-refractivity contribution in [1.29, 1.82) is 0 Å². The van der Waals surface area contributed by atoms with E-state index in [1.54, 1.807) is 24.5 Å². The molecular formula is C25H20N2O. The maximum Gasteiger partial charge on any atom is 0.229 e. The molecule has 0 amide bonds. The summed E-state index contributed by atoms with van der Waals surface area (Å²) in [5, 5.41) is 0. The maximum absolute atomic E-state index is 12.7. The highest BCUT2D eigenvalue weighted by Gasteiger charge is 2.12. The summed E-state index contributed by atoms with van der Waals surface area (Å²) in [6.07, 6.45) is 3.47. The van der Waals surface area contributed by atoms with E-state index in [0.717, 1.165) is 22.3 Å². The van der Waals surface area contributed by atoms with E-state index in [2.05, 4.69) is 72.3 Å². The van der Waals surface area contributed by atoms with E-state index >= 15 is 0 Å². The van der Waals surface area contributed by atoms with Gasteiger partial charge in [-0.25, -0.2) is 0 Å². The first-order valence-corrected chi connectivity index (χ1v) is 9.21. The quantitative estimate of drug-likeness (QED) is 0.439. The largest absolute Gasteiger partial charge is 0.285 e. The molecule has 0 unspecified atom stereocenters. The SMILES string of the molecule is Cc1ccc(-c2ccc(C(=O)c3ccc(-c4ccc(C)cc4)cn3)nc2)cc1. The Hall–Kier alpha value is -3.59. The van der Waals surface area contributed by atoms with Crippen LogP contribution in [0.1, 0.15) is 27.3 Å². The minimum Gasteiger partial charge on any atom is -0.285 e. The molecule has 3 nitrogen and oxygen atoms in total. The Morgan fingerprint density at radius 1 is 0.536 bits per heavy atom. The monoisotopic (exact) mass is 364 g/mol. The van der Waals surface area contributed by atoms with Gasteiger partial charge in [0.2, 0.25) is 5.78 Å². The smallest absolute Gasteiger partial charge is 0.229 e. The second-order valence-electron chi connectivity index (χ2n) is 6.93. The molecule has 2 heterocycles. The molecule has 0 bridgehead atoms. The first-order valence-electron chi connectivity index (χ1n) is 9.21. The van der Waals surface area contributed by atoms with Crippen LogP contribution in [0.3, 0.4) is 0 Å². The van der Waals surface area contributed by atoms with Gasteiger partial charge in [0.1, 0.15) is 11.4 Å². The van der Waals surface area contributed by atoms with Crippen LogP contribution in [0.25, 0.3) is 22.3 Å². The number of ketones is 1. The van der Waals surface area contributed by atoms with E-state index in [0.29, 0.717) is 11.4 Å². The third-order valence-corrected chi connectivity index (χ3v) is 4.76. The zero-order valence-electron chi connectivity index (χ0n) is 15.9. The summed E-state index contributed by atoms with van der Waals surface area (Å²) in [5.41, 5.74) is 7.35. The molecule has 28 heavy (non-hydrogen) atoms. The first-order chi connectivity index (χ1) is 13.6. The third-order valence-electron chi connectivity index (χ3n) is 4.76. The third kappa shape index (κ3) is 3.74. The van der Waals surface area contributed by atoms with Crippen molar-refractivity contribution in [2.24, 2.45) is 0 Å². The first kappa shape index (κ1) is 17.8. The summed E-state index contributed by atoms with van der Waals surface area (Å²) in [6, 6.07) is 23.8.